The van der Waals surface area contributed by atoms with Crippen molar-refractivity contribution in [2.45, 2.75) is 25.7 Å². The number of nitrogens with zero attached hydrogens (tertiary/aromatic N) is 1. The topological polar surface area (TPSA) is 78.9 Å². The number of rotatable bonds is 7. The Morgan fingerprint density at radius 1 is 1.33 bits per heavy atom. The fourth-order valence-corrected chi connectivity index (χ4v) is 3.16. The molecule has 2 amide bonds. The molecule has 1 aromatic rings. The lowest BCUT2D eigenvalue weighted by Crippen LogP contribution is -2.53. The Kier molecular flexibility index (Phi) is 6.61. The van der Waals surface area contributed by atoms with Crippen LogP contribution in [0.2, 0.25) is 0 Å². The number of urea groups is 1. The van der Waals surface area contributed by atoms with Gasteiger partial charge in [0, 0.05) is 33.4 Å². The molecular formula is C18H26N2O4. The Morgan fingerprint density at radius 2 is 2.08 bits per heavy atom. The van der Waals surface area contributed by atoms with E-state index in [-0.39, 0.29) is 12.6 Å². The molecule has 1 unspecified atom stereocenters. The number of carbonyl (C=O) groups excluding carboxylic acids is 1. The summed E-state index contributed by atoms with van der Waals surface area (Å²) < 4.78 is 5.05. The van der Waals surface area contributed by atoms with Crippen LogP contribution in [0, 0.1) is 5.41 Å². The quantitative estimate of drug-likeness (QED) is 0.801. The van der Waals surface area contributed by atoms with Gasteiger partial charge in [-0.15, -0.1) is 0 Å². The lowest BCUT2D eigenvalue weighted by molar-refractivity contribution is -0.153. The first kappa shape index (κ1) is 18.3. The third-order valence-corrected chi connectivity index (χ3v) is 4.64. The third-order valence-electron chi connectivity index (χ3n) is 4.64. The number of nitrogens with one attached hydrogen (secondary N) is 1. The fraction of sp³-hybridized carbons (Fsp3) is 0.556. The van der Waals surface area contributed by atoms with Crippen LogP contribution in [0.1, 0.15) is 24.8 Å². The fourth-order valence-electron chi connectivity index (χ4n) is 3.16. The number of carboxylic acids is 1. The lowest BCUT2D eigenvalue weighted by atomic mass is 9.77. The number of ether oxygens (including phenoxy) is 1. The highest BCUT2D eigenvalue weighted by atomic mass is 16.5. The van der Waals surface area contributed by atoms with Crippen LogP contribution >= 0.6 is 0 Å². The summed E-state index contributed by atoms with van der Waals surface area (Å²) in [5.74, 6) is -0.846. The van der Waals surface area contributed by atoms with Crippen LogP contribution in [-0.2, 0) is 16.0 Å². The number of carbonyl (C=O) groups is 2. The molecule has 1 fully saturated rings. The molecule has 0 bridgehead atoms. The van der Waals surface area contributed by atoms with E-state index in [0.717, 1.165) is 12.0 Å². The molecule has 1 aromatic carbocycles. The predicted molar refractivity (Wildman–Crippen MR) is 90.9 cm³/mol. The van der Waals surface area contributed by atoms with Gasteiger partial charge < -0.3 is 20.1 Å². The number of carboxylic acid groups (broad SMARTS) is 1. The molecule has 0 saturated carbocycles. The molecule has 2 rings (SSSR count). The van der Waals surface area contributed by atoms with E-state index in [0.29, 0.717) is 39.0 Å². The molecule has 1 atom stereocenters. The van der Waals surface area contributed by atoms with E-state index in [9.17, 15) is 14.7 Å². The van der Waals surface area contributed by atoms with Crippen molar-refractivity contribution in [1.29, 1.82) is 0 Å². The van der Waals surface area contributed by atoms with Crippen LogP contribution in [0.4, 0.5) is 4.79 Å². The summed E-state index contributed by atoms with van der Waals surface area (Å²) in [6, 6.07) is 9.76. The first-order chi connectivity index (χ1) is 11.6. The van der Waals surface area contributed by atoms with Gasteiger partial charge in [-0.05, 0) is 31.2 Å². The van der Waals surface area contributed by atoms with Crippen LogP contribution < -0.4 is 5.32 Å². The summed E-state index contributed by atoms with van der Waals surface area (Å²) in [4.78, 5) is 25.7. The van der Waals surface area contributed by atoms with E-state index in [1.807, 2.05) is 30.3 Å². The molecule has 0 radical (unpaired) electrons. The molecule has 24 heavy (non-hydrogen) atoms. The van der Waals surface area contributed by atoms with Crippen LogP contribution in [-0.4, -0.2) is 55.4 Å². The summed E-state index contributed by atoms with van der Waals surface area (Å²) >= 11 is 0. The third kappa shape index (κ3) is 4.71. The number of aliphatic carboxylic acids is 1. The van der Waals surface area contributed by atoms with Crippen molar-refractivity contribution < 1.29 is 19.4 Å². The number of likely N-dealkylation sites (tertiary alicyclic amines) is 1. The highest BCUT2D eigenvalue weighted by Gasteiger charge is 2.43. The second kappa shape index (κ2) is 8.68. The molecule has 1 heterocycles. The first-order valence-corrected chi connectivity index (χ1v) is 8.36. The van der Waals surface area contributed by atoms with Crippen LogP contribution in [0.15, 0.2) is 30.3 Å². The van der Waals surface area contributed by atoms with Crippen LogP contribution in [0.3, 0.4) is 0 Å². The molecule has 0 spiro atoms. The SMILES string of the molecule is COCCC1(C(=O)O)CCCN(C(=O)NCCc2ccccc2)C1. The van der Waals surface area contributed by atoms with Crippen molar-refractivity contribution >= 4 is 12.0 Å². The molecule has 2 N–H and O–H groups in total. The zero-order valence-electron chi connectivity index (χ0n) is 14.2. The maximum Gasteiger partial charge on any atom is 0.317 e. The van der Waals surface area contributed by atoms with Gasteiger partial charge in [0.2, 0.25) is 0 Å². The second-order valence-corrected chi connectivity index (χ2v) is 6.32. The van der Waals surface area contributed by atoms with E-state index in [4.69, 9.17) is 4.74 Å². The standard InChI is InChI=1S/C18H26N2O4/c1-24-13-10-18(16(21)22)9-5-12-20(14-18)17(23)19-11-8-15-6-3-2-4-7-15/h2-4,6-7H,5,8-14H2,1H3,(H,19,23)(H,21,22). The largest absolute Gasteiger partial charge is 0.481 e. The number of hydrogen-bond acceptors (Lipinski definition) is 3. The van der Waals surface area contributed by atoms with Crippen molar-refractivity contribution in [1.82, 2.24) is 10.2 Å². The Balaban J connectivity index is 1.88. The van der Waals surface area contributed by atoms with Gasteiger partial charge in [-0.25, -0.2) is 4.79 Å². The molecule has 132 valence electrons. The van der Waals surface area contributed by atoms with Crippen molar-refractivity contribution in [2.75, 3.05) is 33.4 Å². The Morgan fingerprint density at radius 3 is 2.75 bits per heavy atom. The predicted octanol–water partition coefficient (Wildman–Crippen LogP) is 2.14. The Hall–Kier alpha value is -2.08. The highest BCUT2D eigenvalue weighted by molar-refractivity contribution is 5.78. The van der Waals surface area contributed by atoms with Gasteiger partial charge in [-0.1, -0.05) is 30.3 Å². The number of benzene rings is 1. The van der Waals surface area contributed by atoms with Gasteiger partial charge in [0.1, 0.15) is 0 Å². The van der Waals surface area contributed by atoms with E-state index in [2.05, 4.69) is 5.32 Å². The minimum atomic E-state index is -0.898. The first-order valence-electron chi connectivity index (χ1n) is 8.36. The zero-order chi connectivity index (χ0) is 17.4. The van der Waals surface area contributed by atoms with Crippen LogP contribution in [0.25, 0.3) is 0 Å². The minimum Gasteiger partial charge on any atom is -0.481 e. The Bertz CT molecular complexity index is 549. The number of amides is 2. The molecule has 0 aromatic heterocycles. The maximum absolute atomic E-state index is 12.4. The summed E-state index contributed by atoms with van der Waals surface area (Å²) in [6.07, 6.45) is 2.46. The second-order valence-electron chi connectivity index (χ2n) is 6.32. The van der Waals surface area contributed by atoms with Crippen molar-refractivity contribution in [3.8, 4) is 0 Å². The number of methoxy groups -OCH3 is 1. The average molecular weight is 334 g/mol. The van der Waals surface area contributed by atoms with E-state index in [1.165, 1.54) is 0 Å². The minimum absolute atomic E-state index is 0.186. The van der Waals surface area contributed by atoms with Gasteiger partial charge >= 0.3 is 12.0 Å². The molecule has 6 heteroatoms. The van der Waals surface area contributed by atoms with Gasteiger partial charge in [0.25, 0.3) is 0 Å². The van der Waals surface area contributed by atoms with Gasteiger partial charge in [0.15, 0.2) is 0 Å². The summed E-state index contributed by atoms with van der Waals surface area (Å²) in [6.45, 7) is 1.76. The normalized spacial score (nSPS) is 20.6. The van der Waals surface area contributed by atoms with E-state index >= 15 is 0 Å². The molecule has 6 nitrogen and oxygen atoms in total. The van der Waals surface area contributed by atoms with Crippen molar-refractivity contribution in [2.24, 2.45) is 5.41 Å². The van der Waals surface area contributed by atoms with Crippen molar-refractivity contribution in [3.05, 3.63) is 35.9 Å². The number of piperidine rings is 1. The maximum atomic E-state index is 12.4. The summed E-state index contributed by atoms with van der Waals surface area (Å²) in [5, 5.41) is 12.5. The zero-order valence-corrected chi connectivity index (χ0v) is 14.2. The number of hydrogen-bond donors (Lipinski definition) is 2. The summed E-state index contributed by atoms with van der Waals surface area (Å²) in [7, 11) is 1.56. The lowest BCUT2D eigenvalue weighted by Gasteiger charge is -2.39. The van der Waals surface area contributed by atoms with E-state index < -0.39 is 11.4 Å². The van der Waals surface area contributed by atoms with Gasteiger partial charge in [0.05, 0.1) is 5.41 Å². The average Bonchev–Trinajstić information content (AvgIpc) is 2.61. The molecule has 1 aliphatic heterocycles. The molecule has 1 saturated heterocycles. The van der Waals surface area contributed by atoms with Gasteiger partial charge in [-0.2, -0.15) is 0 Å². The van der Waals surface area contributed by atoms with E-state index in [1.54, 1.807) is 12.0 Å². The smallest absolute Gasteiger partial charge is 0.317 e. The molecule has 1 aliphatic rings. The molecular weight excluding hydrogens is 308 g/mol. The monoisotopic (exact) mass is 334 g/mol. The summed E-state index contributed by atoms with van der Waals surface area (Å²) in [5.41, 5.74) is 0.266. The van der Waals surface area contributed by atoms with Crippen LogP contribution in [0.5, 0.6) is 0 Å². The van der Waals surface area contributed by atoms with Crippen molar-refractivity contribution in [3.63, 3.8) is 0 Å². The Labute approximate surface area is 142 Å². The molecule has 0 aliphatic carbocycles. The highest BCUT2D eigenvalue weighted by Crippen LogP contribution is 2.34. The van der Waals surface area contributed by atoms with Gasteiger partial charge in [-0.3, -0.25) is 4.79 Å².